The van der Waals surface area contributed by atoms with Gasteiger partial charge in [0, 0.05) is 12.8 Å². The number of aryl methyl sites for hydroxylation is 1. The van der Waals surface area contributed by atoms with Gasteiger partial charge >= 0.3 is 5.97 Å². The molecule has 124 valence electrons. The summed E-state index contributed by atoms with van der Waals surface area (Å²) in [5, 5.41) is 0.582. The number of ether oxygens (including phenoxy) is 1. The molecule has 0 bridgehead atoms. The van der Waals surface area contributed by atoms with E-state index >= 15 is 0 Å². The topological polar surface area (TPSA) is 72.0 Å². The highest BCUT2D eigenvalue weighted by Crippen LogP contribution is 2.10. The SMILES string of the molecule is CC(C)CC(C)OC(=O)CCCc1nc2ccccc2c(=O)[nH]1. The Bertz CT molecular complexity index is 722. The molecule has 0 radical (unpaired) electrons. The highest BCUT2D eigenvalue weighted by atomic mass is 16.5. The lowest BCUT2D eigenvalue weighted by molar-refractivity contribution is -0.148. The number of carbonyl (C=O) groups excluding carboxylic acids is 1. The summed E-state index contributed by atoms with van der Waals surface area (Å²) < 4.78 is 5.36. The van der Waals surface area contributed by atoms with E-state index in [9.17, 15) is 9.59 Å². The Labute approximate surface area is 136 Å². The molecule has 23 heavy (non-hydrogen) atoms. The van der Waals surface area contributed by atoms with E-state index < -0.39 is 0 Å². The van der Waals surface area contributed by atoms with Gasteiger partial charge in [0.05, 0.1) is 17.0 Å². The largest absolute Gasteiger partial charge is 0.463 e. The Morgan fingerprint density at radius 1 is 1.26 bits per heavy atom. The molecule has 0 aliphatic rings. The van der Waals surface area contributed by atoms with Gasteiger partial charge in [-0.15, -0.1) is 0 Å². The first-order valence-corrected chi connectivity index (χ1v) is 8.13. The highest BCUT2D eigenvalue weighted by molar-refractivity contribution is 5.77. The second-order valence-corrected chi connectivity index (χ2v) is 6.31. The van der Waals surface area contributed by atoms with Crippen LogP contribution in [0.2, 0.25) is 0 Å². The molecule has 5 heteroatoms. The lowest BCUT2D eigenvalue weighted by Crippen LogP contribution is -2.17. The Balaban J connectivity index is 1.87. The molecule has 0 saturated carbocycles. The predicted molar refractivity (Wildman–Crippen MR) is 90.3 cm³/mol. The Hall–Kier alpha value is -2.17. The molecular weight excluding hydrogens is 292 g/mol. The predicted octanol–water partition coefficient (Wildman–Crippen LogP) is 3.22. The number of nitrogens with one attached hydrogen (secondary N) is 1. The van der Waals surface area contributed by atoms with E-state index in [4.69, 9.17) is 4.74 Å². The normalized spacial score (nSPS) is 12.5. The maximum absolute atomic E-state index is 12.0. The van der Waals surface area contributed by atoms with Crippen LogP contribution >= 0.6 is 0 Å². The van der Waals surface area contributed by atoms with Gasteiger partial charge in [0.15, 0.2) is 0 Å². The van der Waals surface area contributed by atoms with Gasteiger partial charge in [-0.05, 0) is 37.8 Å². The molecule has 0 aliphatic heterocycles. The molecule has 1 N–H and O–H groups in total. The summed E-state index contributed by atoms with van der Waals surface area (Å²) in [7, 11) is 0. The second-order valence-electron chi connectivity index (χ2n) is 6.31. The lowest BCUT2D eigenvalue weighted by Gasteiger charge is -2.15. The van der Waals surface area contributed by atoms with Gasteiger partial charge in [-0.1, -0.05) is 26.0 Å². The van der Waals surface area contributed by atoms with Crippen molar-refractivity contribution < 1.29 is 9.53 Å². The van der Waals surface area contributed by atoms with Gasteiger partial charge in [0.25, 0.3) is 5.56 Å². The first-order chi connectivity index (χ1) is 11.0. The zero-order valence-electron chi connectivity index (χ0n) is 14.0. The van der Waals surface area contributed by atoms with Gasteiger partial charge in [-0.3, -0.25) is 9.59 Å². The summed E-state index contributed by atoms with van der Waals surface area (Å²) in [6, 6.07) is 7.23. The van der Waals surface area contributed by atoms with Crippen molar-refractivity contribution in [3.63, 3.8) is 0 Å². The number of hydrogen-bond donors (Lipinski definition) is 1. The third kappa shape index (κ3) is 5.20. The van der Waals surface area contributed by atoms with Crippen LogP contribution < -0.4 is 5.56 Å². The van der Waals surface area contributed by atoms with Crippen LogP contribution in [0.1, 0.15) is 45.9 Å². The van der Waals surface area contributed by atoms with E-state index in [1.54, 1.807) is 6.07 Å². The van der Waals surface area contributed by atoms with Crippen LogP contribution in [0.25, 0.3) is 10.9 Å². The van der Waals surface area contributed by atoms with Crippen LogP contribution in [0.15, 0.2) is 29.1 Å². The summed E-state index contributed by atoms with van der Waals surface area (Å²) in [6.07, 6.45) is 2.30. The molecule has 1 aromatic carbocycles. The molecule has 1 heterocycles. The molecule has 0 fully saturated rings. The van der Waals surface area contributed by atoms with E-state index in [0.29, 0.717) is 41.9 Å². The minimum Gasteiger partial charge on any atom is -0.463 e. The number of esters is 1. The number of benzene rings is 1. The maximum atomic E-state index is 12.0. The van der Waals surface area contributed by atoms with Crippen molar-refractivity contribution in [3.05, 3.63) is 40.4 Å². The van der Waals surface area contributed by atoms with E-state index in [1.165, 1.54) is 0 Å². The van der Waals surface area contributed by atoms with Crippen molar-refractivity contribution in [2.24, 2.45) is 5.92 Å². The average molecular weight is 316 g/mol. The van der Waals surface area contributed by atoms with Crippen molar-refractivity contribution in [2.45, 2.75) is 52.6 Å². The van der Waals surface area contributed by atoms with Gasteiger partial charge < -0.3 is 9.72 Å². The zero-order valence-corrected chi connectivity index (χ0v) is 14.0. The van der Waals surface area contributed by atoms with E-state index in [1.807, 2.05) is 25.1 Å². The third-order valence-corrected chi connectivity index (χ3v) is 3.59. The van der Waals surface area contributed by atoms with Crippen LogP contribution in [-0.4, -0.2) is 22.0 Å². The number of hydrogen-bond acceptors (Lipinski definition) is 4. The van der Waals surface area contributed by atoms with Crippen LogP contribution in [0.5, 0.6) is 0 Å². The molecule has 1 aromatic heterocycles. The fraction of sp³-hybridized carbons (Fsp3) is 0.500. The van der Waals surface area contributed by atoms with Crippen molar-refractivity contribution in [1.82, 2.24) is 9.97 Å². The summed E-state index contributed by atoms with van der Waals surface area (Å²) in [6.45, 7) is 6.12. The highest BCUT2D eigenvalue weighted by Gasteiger charge is 2.11. The quantitative estimate of drug-likeness (QED) is 0.796. The van der Waals surface area contributed by atoms with Gasteiger partial charge in [0.1, 0.15) is 5.82 Å². The minimum absolute atomic E-state index is 0.0545. The fourth-order valence-electron chi connectivity index (χ4n) is 2.65. The smallest absolute Gasteiger partial charge is 0.306 e. The van der Waals surface area contributed by atoms with Crippen molar-refractivity contribution in [3.8, 4) is 0 Å². The first kappa shape index (κ1) is 17.2. The van der Waals surface area contributed by atoms with E-state index in [2.05, 4.69) is 23.8 Å². The number of aromatic nitrogens is 2. The molecule has 2 aromatic rings. The zero-order chi connectivity index (χ0) is 16.8. The van der Waals surface area contributed by atoms with Gasteiger partial charge in [-0.25, -0.2) is 4.98 Å². The summed E-state index contributed by atoms with van der Waals surface area (Å²) in [5.41, 5.74) is 0.540. The Morgan fingerprint density at radius 3 is 2.74 bits per heavy atom. The van der Waals surface area contributed by atoms with Crippen LogP contribution in [0.3, 0.4) is 0 Å². The van der Waals surface area contributed by atoms with Crippen molar-refractivity contribution >= 4 is 16.9 Å². The monoisotopic (exact) mass is 316 g/mol. The molecule has 0 saturated heterocycles. The van der Waals surface area contributed by atoms with Crippen LogP contribution in [0.4, 0.5) is 0 Å². The number of aromatic amines is 1. The number of fused-ring (bicyclic) bond motifs is 1. The first-order valence-electron chi connectivity index (χ1n) is 8.13. The number of carbonyl (C=O) groups is 1. The van der Waals surface area contributed by atoms with Crippen molar-refractivity contribution in [2.75, 3.05) is 0 Å². The minimum atomic E-state index is -0.193. The molecule has 2 rings (SSSR count). The molecule has 1 unspecified atom stereocenters. The summed E-state index contributed by atoms with van der Waals surface area (Å²) >= 11 is 0. The third-order valence-electron chi connectivity index (χ3n) is 3.59. The summed E-state index contributed by atoms with van der Waals surface area (Å²) in [5.74, 6) is 0.919. The molecule has 0 aliphatic carbocycles. The fourth-order valence-corrected chi connectivity index (χ4v) is 2.65. The number of rotatable bonds is 7. The Morgan fingerprint density at radius 2 is 2.00 bits per heavy atom. The van der Waals surface area contributed by atoms with Crippen LogP contribution in [-0.2, 0) is 16.0 Å². The van der Waals surface area contributed by atoms with Gasteiger partial charge in [-0.2, -0.15) is 0 Å². The van der Waals surface area contributed by atoms with E-state index in [0.717, 1.165) is 6.42 Å². The molecule has 1 atom stereocenters. The van der Waals surface area contributed by atoms with Gasteiger partial charge in [0.2, 0.25) is 0 Å². The van der Waals surface area contributed by atoms with Crippen molar-refractivity contribution in [1.29, 1.82) is 0 Å². The van der Waals surface area contributed by atoms with E-state index in [-0.39, 0.29) is 17.6 Å². The second kappa shape index (κ2) is 7.90. The van der Waals surface area contributed by atoms with Crippen LogP contribution in [0, 0.1) is 5.92 Å². The molecular formula is C18H24N2O3. The summed E-state index contributed by atoms with van der Waals surface area (Å²) in [4.78, 5) is 30.9. The average Bonchev–Trinajstić information content (AvgIpc) is 2.46. The maximum Gasteiger partial charge on any atom is 0.306 e. The molecule has 0 spiro atoms. The Kier molecular flexibility index (Phi) is 5.90. The number of para-hydroxylation sites is 1. The number of H-pyrrole nitrogens is 1. The molecule has 5 nitrogen and oxygen atoms in total. The standard InChI is InChI=1S/C18H24N2O3/c1-12(2)11-13(3)23-17(21)10-6-9-16-19-15-8-5-4-7-14(15)18(22)20-16/h4-5,7-8,12-13H,6,9-11H2,1-3H3,(H,19,20,22). The number of nitrogens with zero attached hydrogens (tertiary/aromatic N) is 1. The molecule has 0 amide bonds. The lowest BCUT2D eigenvalue weighted by atomic mass is 10.1.